The average Bonchev–Trinajstić information content (AvgIpc) is 2.45. The summed E-state index contributed by atoms with van der Waals surface area (Å²) < 4.78 is 42.4. The zero-order chi connectivity index (χ0) is 16.6. The van der Waals surface area contributed by atoms with E-state index in [4.69, 9.17) is 4.74 Å². The van der Waals surface area contributed by atoms with Crippen LogP contribution in [0.3, 0.4) is 0 Å². The summed E-state index contributed by atoms with van der Waals surface area (Å²) in [6.45, 7) is 8.22. The van der Waals surface area contributed by atoms with Crippen LogP contribution in [0.1, 0.15) is 46.5 Å². The van der Waals surface area contributed by atoms with E-state index in [1.807, 2.05) is 4.90 Å². The molecule has 0 amide bonds. The van der Waals surface area contributed by atoms with Crippen molar-refractivity contribution >= 4 is 0 Å². The normalized spacial score (nSPS) is 33.7. The lowest BCUT2D eigenvalue weighted by Gasteiger charge is -2.60. The van der Waals surface area contributed by atoms with Crippen molar-refractivity contribution in [2.24, 2.45) is 5.41 Å². The smallest absolute Gasteiger partial charge is 0.378 e. The maximum Gasteiger partial charge on any atom is 0.390 e. The number of methoxy groups -OCH3 is 1. The fourth-order valence-electron chi connectivity index (χ4n) is 3.65. The summed E-state index contributed by atoms with van der Waals surface area (Å²) in [6.07, 6.45) is -1.91. The molecule has 130 valence electrons. The van der Waals surface area contributed by atoms with Crippen LogP contribution in [-0.4, -0.2) is 55.5 Å². The third kappa shape index (κ3) is 3.77. The minimum atomic E-state index is -4.05. The van der Waals surface area contributed by atoms with E-state index in [1.165, 1.54) is 0 Å². The fraction of sp³-hybridized carbons (Fsp3) is 1.00. The van der Waals surface area contributed by atoms with Gasteiger partial charge in [-0.25, -0.2) is 0 Å². The highest BCUT2D eigenvalue weighted by molar-refractivity contribution is 5.12. The first-order valence-electron chi connectivity index (χ1n) is 8.18. The van der Waals surface area contributed by atoms with E-state index in [9.17, 15) is 13.2 Å². The van der Waals surface area contributed by atoms with Crippen LogP contribution in [0, 0.1) is 5.41 Å². The number of likely N-dealkylation sites (tertiary alicyclic amines) is 1. The Balaban J connectivity index is 1.73. The highest BCUT2D eigenvalue weighted by Crippen LogP contribution is 2.51. The van der Waals surface area contributed by atoms with Crippen LogP contribution in [0.5, 0.6) is 0 Å². The van der Waals surface area contributed by atoms with Crippen molar-refractivity contribution in [3.63, 3.8) is 0 Å². The molecule has 1 N–H and O–H groups in total. The van der Waals surface area contributed by atoms with Gasteiger partial charge in [-0.2, -0.15) is 13.2 Å². The van der Waals surface area contributed by atoms with Crippen LogP contribution in [-0.2, 0) is 4.74 Å². The molecule has 6 heteroatoms. The fourth-order valence-corrected chi connectivity index (χ4v) is 3.65. The second-order valence-corrected chi connectivity index (χ2v) is 7.56. The summed E-state index contributed by atoms with van der Waals surface area (Å²) >= 11 is 0. The summed E-state index contributed by atoms with van der Waals surface area (Å²) in [5.74, 6) is 0. The first-order chi connectivity index (χ1) is 10.1. The standard InChI is InChI=1S/C16H29F3N2O/c1-14(2)13(11-15(14,3)22-4)20-12-5-8-21(9-6-12)10-7-16(17,18)19/h12-13,20H,5-11H2,1-4H3/t13-,15+/m0/s1. The second-order valence-electron chi connectivity index (χ2n) is 7.56. The Morgan fingerprint density at radius 3 is 2.23 bits per heavy atom. The number of rotatable bonds is 5. The zero-order valence-corrected chi connectivity index (χ0v) is 14.1. The van der Waals surface area contributed by atoms with E-state index in [-0.39, 0.29) is 17.6 Å². The van der Waals surface area contributed by atoms with Gasteiger partial charge in [-0.1, -0.05) is 13.8 Å². The SMILES string of the molecule is CO[C@]1(C)C[C@H](NC2CCN(CCC(F)(F)F)CC2)C1(C)C. The Bertz CT molecular complexity index is 378. The van der Waals surface area contributed by atoms with Crippen molar-refractivity contribution in [3.05, 3.63) is 0 Å². The van der Waals surface area contributed by atoms with E-state index >= 15 is 0 Å². The first kappa shape index (κ1) is 18.0. The number of halogens is 3. The van der Waals surface area contributed by atoms with Gasteiger partial charge in [0.15, 0.2) is 0 Å². The summed E-state index contributed by atoms with van der Waals surface area (Å²) in [7, 11) is 1.76. The van der Waals surface area contributed by atoms with Gasteiger partial charge in [-0.3, -0.25) is 0 Å². The molecular formula is C16H29F3N2O. The Labute approximate surface area is 131 Å². The third-order valence-corrected chi connectivity index (χ3v) is 6.01. The van der Waals surface area contributed by atoms with E-state index < -0.39 is 12.6 Å². The van der Waals surface area contributed by atoms with Gasteiger partial charge in [-0.15, -0.1) is 0 Å². The third-order valence-electron chi connectivity index (χ3n) is 6.01. The molecule has 1 heterocycles. The number of ether oxygens (including phenoxy) is 1. The molecule has 2 atom stereocenters. The van der Waals surface area contributed by atoms with Gasteiger partial charge in [0.25, 0.3) is 0 Å². The molecule has 0 radical (unpaired) electrons. The number of piperidine rings is 1. The van der Waals surface area contributed by atoms with Gasteiger partial charge >= 0.3 is 6.18 Å². The maximum atomic E-state index is 12.3. The highest BCUT2D eigenvalue weighted by Gasteiger charge is 2.57. The predicted molar refractivity (Wildman–Crippen MR) is 80.9 cm³/mol. The highest BCUT2D eigenvalue weighted by atomic mass is 19.4. The molecule has 2 rings (SSSR count). The maximum absolute atomic E-state index is 12.3. The average molecular weight is 322 g/mol. The molecule has 2 aliphatic rings. The Morgan fingerprint density at radius 2 is 1.77 bits per heavy atom. The largest absolute Gasteiger partial charge is 0.390 e. The quantitative estimate of drug-likeness (QED) is 0.841. The molecule has 0 aromatic carbocycles. The molecule has 0 unspecified atom stereocenters. The van der Waals surface area contributed by atoms with Gasteiger partial charge in [-0.05, 0) is 39.3 Å². The summed E-state index contributed by atoms with van der Waals surface area (Å²) in [5.41, 5.74) is -0.00670. The van der Waals surface area contributed by atoms with Gasteiger partial charge < -0.3 is 15.0 Å². The van der Waals surface area contributed by atoms with Crippen LogP contribution >= 0.6 is 0 Å². The molecule has 2 fully saturated rings. The van der Waals surface area contributed by atoms with Crippen LogP contribution < -0.4 is 5.32 Å². The molecule has 1 saturated heterocycles. The lowest BCUT2D eigenvalue weighted by molar-refractivity contribution is -0.183. The van der Waals surface area contributed by atoms with Gasteiger partial charge in [0.05, 0.1) is 12.0 Å². The number of nitrogens with zero attached hydrogens (tertiary/aromatic N) is 1. The summed E-state index contributed by atoms with van der Waals surface area (Å²) in [5, 5.41) is 3.70. The van der Waals surface area contributed by atoms with Crippen molar-refractivity contribution in [3.8, 4) is 0 Å². The van der Waals surface area contributed by atoms with Crippen molar-refractivity contribution in [2.45, 2.75) is 70.3 Å². The predicted octanol–water partition coefficient (Wildman–Crippen LogP) is 3.20. The number of hydrogen-bond donors (Lipinski definition) is 1. The Kier molecular flexibility index (Phi) is 5.15. The van der Waals surface area contributed by atoms with E-state index in [2.05, 4.69) is 26.1 Å². The first-order valence-corrected chi connectivity index (χ1v) is 8.18. The molecule has 0 spiro atoms. The summed E-state index contributed by atoms with van der Waals surface area (Å²) in [6, 6.07) is 0.831. The Morgan fingerprint density at radius 1 is 1.18 bits per heavy atom. The molecule has 0 bridgehead atoms. The molecule has 0 aromatic heterocycles. The van der Waals surface area contributed by atoms with E-state index in [0.717, 1.165) is 32.4 Å². The number of alkyl halides is 3. The molecule has 1 aliphatic carbocycles. The van der Waals surface area contributed by atoms with Gasteiger partial charge in [0, 0.05) is 31.2 Å². The molecule has 22 heavy (non-hydrogen) atoms. The molecule has 1 saturated carbocycles. The number of hydrogen-bond acceptors (Lipinski definition) is 3. The molecule has 1 aliphatic heterocycles. The topological polar surface area (TPSA) is 24.5 Å². The lowest BCUT2D eigenvalue weighted by atomic mass is 9.55. The second kappa shape index (κ2) is 6.29. The van der Waals surface area contributed by atoms with E-state index in [0.29, 0.717) is 12.1 Å². The van der Waals surface area contributed by atoms with Gasteiger partial charge in [0.2, 0.25) is 0 Å². The molecule has 0 aromatic rings. The van der Waals surface area contributed by atoms with Crippen LogP contribution in [0.4, 0.5) is 13.2 Å². The van der Waals surface area contributed by atoms with Crippen LogP contribution in [0.2, 0.25) is 0 Å². The van der Waals surface area contributed by atoms with Crippen LogP contribution in [0.25, 0.3) is 0 Å². The van der Waals surface area contributed by atoms with Gasteiger partial charge in [0.1, 0.15) is 0 Å². The van der Waals surface area contributed by atoms with Crippen LogP contribution in [0.15, 0.2) is 0 Å². The number of nitrogens with one attached hydrogen (secondary N) is 1. The lowest BCUT2D eigenvalue weighted by Crippen LogP contribution is -2.69. The minimum absolute atomic E-state index is 0.0785. The van der Waals surface area contributed by atoms with Crippen molar-refractivity contribution in [2.75, 3.05) is 26.7 Å². The minimum Gasteiger partial charge on any atom is -0.378 e. The van der Waals surface area contributed by atoms with Crippen molar-refractivity contribution < 1.29 is 17.9 Å². The molecular weight excluding hydrogens is 293 g/mol. The monoisotopic (exact) mass is 322 g/mol. The summed E-state index contributed by atoms with van der Waals surface area (Å²) in [4.78, 5) is 1.93. The Hall–Kier alpha value is -0.330. The van der Waals surface area contributed by atoms with E-state index in [1.54, 1.807) is 7.11 Å². The van der Waals surface area contributed by atoms with Crippen molar-refractivity contribution in [1.29, 1.82) is 0 Å². The zero-order valence-electron chi connectivity index (χ0n) is 14.1. The van der Waals surface area contributed by atoms with Crippen molar-refractivity contribution in [1.82, 2.24) is 10.2 Å². The molecule has 3 nitrogen and oxygen atoms in total.